The van der Waals surface area contributed by atoms with Crippen LogP contribution < -0.4 is 0 Å². The van der Waals surface area contributed by atoms with Crippen LogP contribution in [0.3, 0.4) is 0 Å². The van der Waals surface area contributed by atoms with E-state index in [1.165, 1.54) is 0 Å². The van der Waals surface area contributed by atoms with Crippen LogP contribution in [-0.2, 0) is 28.6 Å². The van der Waals surface area contributed by atoms with Gasteiger partial charge in [-0.3, -0.25) is 0 Å². The maximum atomic E-state index is 15.0. The molecule has 2 aliphatic carbocycles. The molecule has 6 nitrogen and oxygen atoms in total. The first-order chi connectivity index (χ1) is 14.5. The number of rotatable bonds is 7. The van der Waals surface area contributed by atoms with E-state index in [2.05, 4.69) is 19.7 Å². The molecule has 5 unspecified atom stereocenters. The average molecular weight is 437 g/mol. The molecule has 0 aromatic heterocycles. The molecule has 0 heterocycles. The molecule has 2 fully saturated rings. The second-order valence-corrected chi connectivity index (χ2v) is 8.82. The predicted molar refractivity (Wildman–Crippen MR) is 114 cm³/mol. The van der Waals surface area contributed by atoms with Crippen molar-refractivity contribution in [2.45, 2.75) is 83.8 Å². The van der Waals surface area contributed by atoms with E-state index in [1.54, 1.807) is 20.8 Å². The summed E-state index contributed by atoms with van der Waals surface area (Å²) in [5, 5.41) is 0. The minimum atomic E-state index is -1.13. The molecule has 0 spiro atoms. The lowest BCUT2D eigenvalue weighted by Gasteiger charge is -2.42. The van der Waals surface area contributed by atoms with E-state index in [4.69, 9.17) is 14.2 Å². The highest BCUT2D eigenvalue weighted by atomic mass is 19.1. The Labute approximate surface area is 183 Å². The predicted octanol–water partition coefficient (Wildman–Crippen LogP) is 4.39. The first-order valence-electron chi connectivity index (χ1n) is 10.7. The number of carbonyl (C=O) groups excluding carboxylic acids is 3. The van der Waals surface area contributed by atoms with Crippen molar-refractivity contribution in [1.82, 2.24) is 0 Å². The molecule has 0 radical (unpaired) electrons. The van der Waals surface area contributed by atoms with Crippen LogP contribution in [0.4, 0.5) is 4.39 Å². The van der Waals surface area contributed by atoms with E-state index in [1.807, 2.05) is 0 Å². The number of esters is 3. The van der Waals surface area contributed by atoms with Gasteiger partial charge < -0.3 is 14.2 Å². The highest BCUT2D eigenvalue weighted by Crippen LogP contribution is 2.42. The number of hydrogen-bond donors (Lipinski definition) is 0. The van der Waals surface area contributed by atoms with Crippen molar-refractivity contribution in [2.75, 3.05) is 0 Å². The van der Waals surface area contributed by atoms with Crippen LogP contribution >= 0.6 is 0 Å². The van der Waals surface area contributed by atoms with Crippen molar-refractivity contribution in [3.8, 4) is 0 Å². The number of hydrogen-bond acceptors (Lipinski definition) is 6. The Morgan fingerprint density at radius 1 is 0.710 bits per heavy atom. The maximum absolute atomic E-state index is 15.0. The second kappa shape index (κ2) is 10.7. The lowest BCUT2D eigenvalue weighted by Crippen LogP contribution is -2.45. The van der Waals surface area contributed by atoms with Crippen molar-refractivity contribution < 1.29 is 33.0 Å². The van der Waals surface area contributed by atoms with Gasteiger partial charge in [-0.15, -0.1) is 0 Å². The Morgan fingerprint density at radius 3 is 1.74 bits per heavy atom. The molecule has 2 saturated carbocycles. The first kappa shape index (κ1) is 24.8. The summed E-state index contributed by atoms with van der Waals surface area (Å²) in [6, 6.07) is 0. The van der Waals surface area contributed by atoms with E-state index in [9.17, 15) is 14.4 Å². The molecule has 2 rings (SSSR count). The van der Waals surface area contributed by atoms with Gasteiger partial charge in [0.15, 0.2) is 0 Å². The van der Waals surface area contributed by atoms with E-state index in [0.717, 1.165) is 0 Å². The van der Waals surface area contributed by atoms with E-state index in [0.29, 0.717) is 37.7 Å². The van der Waals surface area contributed by atoms with Gasteiger partial charge in [-0.1, -0.05) is 19.7 Å². The fourth-order valence-corrected chi connectivity index (χ4v) is 4.25. The Bertz CT molecular complexity index is 757. The summed E-state index contributed by atoms with van der Waals surface area (Å²) in [6.45, 7) is 15.4. The molecule has 0 amide bonds. The van der Waals surface area contributed by atoms with E-state index in [-0.39, 0.29) is 29.4 Å². The lowest BCUT2D eigenvalue weighted by molar-refractivity contribution is -0.170. The highest BCUT2D eigenvalue weighted by Gasteiger charge is 2.43. The van der Waals surface area contributed by atoms with Crippen LogP contribution in [0.1, 0.15) is 59.3 Å². The zero-order valence-corrected chi connectivity index (χ0v) is 18.7. The van der Waals surface area contributed by atoms with Crippen LogP contribution in [0.5, 0.6) is 0 Å². The Kier molecular flexibility index (Phi) is 8.60. The summed E-state index contributed by atoms with van der Waals surface area (Å²) in [4.78, 5) is 35.8. The molecular weight excluding hydrogens is 403 g/mol. The van der Waals surface area contributed by atoms with Crippen LogP contribution in [0.2, 0.25) is 0 Å². The van der Waals surface area contributed by atoms with Crippen molar-refractivity contribution in [2.24, 2.45) is 11.8 Å². The van der Waals surface area contributed by atoms with Gasteiger partial charge in [-0.05, 0) is 64.7 Å². The molecule has 0 aromatic carbocycles. The highest BCUT2D eigenvalue weighted by molar-refractivity contribution is 5.88. The third-order valence-electron chi connectivity index (χ3n) is 5.99. The fourth-order valence-electron chi connectivity index (χ4n) is 4.25. The monoisotopic (exact) mass is 436 g/mol. The Hall–Kier alpha value is -2.44. The summed E-state index contributed by atoms with van der Waals surface area (Å²) < 4.78 is 31.4. The molecule has 31 heavy (non-hydrogen) atoms. The van der Waals surface area contributed by atoms with Crippen molar-refractivity contribution >= 4 is 17.9 Å². The van der Waals surface area contributed by atoms with Crippen LogP contribution in [0, 0.1) is 11.8 Å². The van der Waals surface area contributed by atoms with Crippen molar-refractivity contribution in [1.29, 1.82) is 0 Å². The number of carbonyl (C=O) groups is 3. The van der Waals surface area contributed by atoms with E-state index >= 15 is 4.39 Å². The van der Waals surface area contributed by atoms with Crippen LogP contribution in [0.25, 0.3) is 0 Å². The molecule has 0 aromatic rings. The number of ether oxygens (including phenoxy) is 3. The van der Waals surface area contributed by atoms with Gasteiger partial charge in [-0.2, -0.15) is 0 Å². The third kappa shape index (κ3) is 6.77. The lowest BCUT2D eigenvalue weighted by atomic mass is 9.70. The summed E-state index contributed by atoms with van der Waals surface area (Å²) in [5.74, 6) is -1.86. The van der Waals surface area contributed by atoms with E-state index < -0.39 is 42.4 Å². The van der Waals surface area contributed by atoms with Gasteiger partial charge in [0, 0.05) is 23.1 Å². The molecule has 7 heteroatoms. The van der Waals surface area contributed by atoms with Gasteiger partial charge in [0.1, 0.15) is 24.5 Å². The molecule has 0 aliphatic heterocycles. The number of halogens is 1. The van der Waals surface area contributed by atoms with Crippen LogP contribution in [-0.4, -0.2) is 42.4 Å². The fraction of sp³-hybridized carbons (Fsp3) is 0.625. The zero-order valence-electron chi connectivity index (χ0n) is 18.7. The molecule has 0 bridgehead atoms. The number of alkyl halides is 1. The first-order valence-corrected chi connectivity index (χ1v) is 10.7. The Balaban J connectivity index is 2.04. The molecule has 6 atom stereocenters. The molecule has 2 aliphatic rings. The molecule has 0 N–H and O–H groups in total. The maximum Gasteiger partial charge on any atom is 0.333 e. The minimum absolute atomic E-state index is 0.0320. The Morgan fingerprint density at radius 2 is 1.23 bits per heavy atom. The second-order valence-electron chi connectivity index (χ2n) is 8.82. The average Bonchev–Trinajstić information content (AvgIpc) is 2.69. The van der Waals surface area contributed by atoms with Gasteiger partial charge in [0.25, 0.3) is 0 Å². The van der Waals surface area contributed by atoms with Crippen LogP contribution in [0.15, 0.2) is 36.5 Å². The molecular formula is C24H33FO6. The van der Waals surface area contributed by atoms with Crippen molar-refractivity contribution in [3.05, 3.63) is 36.5 Å². The zero-order chi connectivity index (χ0) is 23.3. The normalized spacial score (nSPS) is 30.6. The third-order valence-corrected chi connectivity index (χ3v) is 5.99. The summed E-state index contributed by atoms with van der Waals surface area (Å²) in [7, 11) is 0. The summed E-state index contributed by atoms with van der Waals surface area (Å²) >= 11 is 0. The standard InChI is InChI=1S/C24H33FO6/c1-13(2)22(26)29-17-8-9-18(19(25)12-17)16-7-10-20(30-23(27)14(3)4)21(11-16)31-24(28)15(5)6/h16-21H,1,3,5,7-12H2,2,4,6H3/t16?,17?,18?,19?,20-,21?/m0/s1. The topological polar surface area (TPSA) is 78.9 Å². The van der Waals surface area contributed by atoms with Gasteiger partial charge in [0.05, 0.1) is 0 Å². The summed E-state index contributed by atoms with van der Waals surface area (Å²) in [6.07, 6.45) is -0.0616. The van der Waals surface area contributed by atoms with Gasteiger partial charge in [0.2, 0.25) is 0 Å². The smallest absolute Gasteiger partial charge is 0.333 e. The summed E-state index contributed by atoms with van der Waals surface area (Å²) in [5.41, 5.74) is 0.802. The van der Waals surface area contributed by atoms with Crippen molar-refractivity contribution in [3.63, 3.8) is 0 Å². The minimum Gasteiger partial charge on any atom is -0.459 e. The molecule has 172 valence electrons. The molecule has 0 saturated heterocycles. The largest absolute Gasteiger partial charge is 0.459 e. The SMILES string of the molecule is C=C(C)C(=O)OC1CCC(C2CC[C@H](OC(=O)C(=C)C)C(OC(=O)C(=C)C)C2)C(F)C1. The quantitative estimate of drug-likeness (QED) is 0.335. The van der Waals surface area contributed by atoms with Gasteiger partial charge >= 0.3 is 17.9 Å². The van der Waals surface area contributed by atoms with Gasteiger partial charge in [-0.25, -0.2) is 18.8 Å².